The second-order valence-electron chi connectivity index (χ2n) is 5.28. The van der Waals surface area contributed by atoms with E-state index in [2.05, 4.69) is 47.8 Å². The summed E-state index contributed by atoms with van der Waals surface area (Å²) in [6, 6.07) is 2.93. The van der Waals surface area contributed by atoms with E-state index in [0.717, 1.165) is 19.5 Å². The zero-order chi connectivity index (χ0) is 13.9. The fraction of sp³-hybridized carbons (Fsp3) is 0.750. The van der Waals surface area contributed by atoms with E-state index >= 15 is 0 Å². The van der Waals surface area contributed by atoms with Gasteiger partial charge in [-0.2, -0.15) is 11.3 Å². The highest BCUT2D eigenvalue weighted by molar-refractivity contribution is 7.07. The molecular weight excluding hydrogens is 252 g/mol. The molecule has 0 radical (unpaired) electrons. The minimum absolute atomic E-state index is 0.713. The summed E-state index contributed by atoms with van der Waals surface area (Å²) >= 11 is 1.79. The van der Waals surface area contributed by atoms with Crippen molar-refractivity contribution in [2.45, 2.75) is 52.5 Å². The van der Waals surface area contributed by atoms with E-state index in [-0.39, 0.29) is 0 Å². The molecule has 0 spiro atoms. The third-order valence-corrected chi connectivity index (χ3v) is 4.49. The van der Waals surface area contributed by atoms with Gasteiger partial charge in [-0.3, -0.25) is 4.90 Å². The van der Waals surface area contributed by atoms with Gasteiger partial charge in [-0.05, 0) is 61.7 Å². The van der Waals surface area contributed by atoms with Gasteiger partial charge >= 0.3 is 0 Å². The summed E-state index contributed by atoms with van der Waals surface area (Å²) in [5.41, 5.74) is 1.46. The van der Waals surface area contributed by atoms with Crippen LogP contribution in [0.25, 0.3) is 0 Å². The number of thiophene rings is 1. The number of nitrogens with zero attached hydrogens (tertiary/aromatic N) is 1. The summed E-state index contributed by atoms with van der Waals surface area (Å²) in [6.45, 7) is 11.5. The summed E-state index contributed by atoms with van der Waals surface area (Å²) in [7, 11) is 0. The molecule has 2 nitrogen and oxygen atoms in total. The Morgan fingerprint density at radius 3 is 2.74 bits per heavy atom. The minimum Gasteiger partial charge on any atom is -0.315 e. The van der Waals surface area contributed by atoms with E-state index < -0.39 is 0 Å². The molecule has 1 heterocycles. The summed E-state index contributed by atoms with van der Waals surface area (Å²) in [5.74, 6) is 0. The molecule has 110 valence electrons. The molecule has 1 aromatic rings. The maximum atomic E-state index is 3.57. The van der Waals surface area contributed by atoms with Gasteiger partial charge in [0, 0.05) is 19.1 Å². The van der Waals surface area contributed by atoms with Crippen LogP contribution in [0.5, 0.6) is 0 Å². The minimum atomic E-state index is 0.713. The SMILES string of the molecule is CCCCN(CCNCCc1ccsc1)C(C)CC. The molecule has 0 saturated heterocycles. The predicted molar refractivity (Wildman–Crippen MR) is 87.1 cm³/mol. The Hall–Kier alpha value is -0.380. The second kappa shape index (κ2) is 10.4. The normalized spacial score (nSPS) is 13.1. The van der Waals surface area contributed by atoms with Crippen molar-refractivity contribution in [3.05, 3.63) is 22.4 Å². The van der Waals surface area contributed by atoms with Crippen LogP contribution in [-0.4, -0.2) is 37.1 Å². The monoisotopic (exact) mass is 282 g/mol. The van der Waals surface area contributed by atoms with Crippen LogP contribution in [0.2, 0.25) is 0 Å². The van der Waals surface area contributed by atoms with Crippen LogP contribution >= 0.6 is 11.3 Å². The van der Waals surface area contributed by atoms with Gasteiger partial charge in [0.15, 0.2) is 0 Å². The van der Waals surface area contributed by atoms with E-state index in [0.29, 0.717) is 6.04 Å². The first kappa shape index (κ1) is 16.7. The van der Waals surface area contributed by atoms with Gasteiger partial charge in [-0.15, -0.1) is 0 Å². The van der Waals surface area contributed by atoms with Crippen molar-refractivity contribution in [3.8, 4) is 0 Å². The van der Waals surface area contributed by atoms with Crippen LogP contribution in [0.3, 0.4) is 0 Å². The van der Waals surface area contributed by atoms with E-state index in [1.54, 1.807) is 11.3 Å². The molecular formula is C16H30N2S. The lowest BCUT2D eigenvalue weighted by Gasteiger charge is -2.28. The van der Waals surface area contributed by atoms with E-state index in [9.17, 15) is 0 Å². The average molecular weight is 282 g/mol. The smallest absolute Gasteiger partial charge is 0.0110 e. The first-order valence-corrected chi connectivity index (χ1v) is 8.68. The quantitative estimate of drug-likeness (QED) is 0.621. The molecule has 0 aliphatic carbocycles. The molecule has 1 aromatic heterocycles. The van der Waals surface area contributed by atoms with E-state index in [4.69, 9.17) is 0 Å². The third-order valence-electron chi connectivity index (χ3n) is 3.76. The van der Waals surface area contributed by atoms with Crippen LogP contribution in [0, 0.1) is 0 Å². The molecule has 0 amide bonds. The lowest BCUT2D eigenvalue weighted by Crippen LogP contribution is -2.39. The Morgan fingerprint density at radius 2 is 2.11 bits per heavy atom. The molecule has 3 heteroatoms. The maximum Gasteiger partial charge on any atom is 0.0110 e. The number of hydrogen-bond donors (Lipinski definition) is 1. The van der Waals surface area contributed by atoms with Crippen LogP contribution in [-0.2, 0) is 6.42 Å². The number of rotatable bonds is 11. The zero-order valence-corrected chi connectivity index (χ0v) is 13.6. The van der Waals surface area contributed by atoms with Crippen LogP contribution in [0.4, 0.5) is 0 Å². The lowest BCUT2D eigenvalue weighted by atomic mass is 10.2. The van der Waals surface area contributed by atoms with Gasteiger partial charge in [-0.25, -0.2) is 0 Å². The summed E-state index contributed by atoms with van der Waals surface area (Å²) in [4.78, 5) is 2.63. The topological polar surface area (TPSA) is 15.3 Å². The molecule has 1 atom stereocenters. The van der Waals surface area contributed by atoms with Crippen molar-refractivity contribution in [2.75, 3.05) is 26.2 Å². The highest BCUT2D eigenvalue weighted by Gasteiger charge is 2.10. The van der Waals surface area contributed by atoms with Crippen LogP contribution < -0.4 is 5.32 Å². The zero-order valence-electron chi connectivity index (χ0n) is 12.8. The van der Waals surface area contributed by atoms with E-state index in [1.807, 2.05) is 0 Å². The summed E-state index contributed by atoms with van der Waals surface area (Å²) in [6.07, 6.45) is 5.01. The van der Waals surface area contributed by atoms with Gasteiger partial charge in [0.25, 0.3) is 0 Å². The number of nitrogens with one attached hydrogen (secondary N) is 1. The fourth-order valence-corrected chi connectivity index (χ4v) is 2.89. The van der Waals surface area contributed by atoms with Crippen molar-refractivity contribution >= 4 is 11.3 Å². The lowest BCUT2D eigenvalue weighted by molar-refractivity contribution is 0.201. The van der Waals surface area contributed by atoms with Crippen LogP contribution in [0.1, 0.15) is 45.6 Å². The molecule has 0 aliphatic heterocycles. The average Bonchev–Trinajstić information content (AvgIpc) is 2.94. The van der Waals surface area contributed by atoms with E-state index in [1.165, 1.54) is 37.9 Å². The highest BCUT2D eigenvalue weighted by atomic mass is 32.1. The Morgan fingerprint density at radius 1 is 1.26 bits per heavy atom. The van der Waals surface area contributed by atoms with Gasteiger partial charge < -0.3 is 5.32 Å². The fourth-order valence-electron chi connectivity index (χ4n) is 2.19. The second-order valence-corrected chi connectivity index (χ2v) is 6.06. The van der Waals surface area contributed by atoms with Gasteiger partial charge in [0.1, 0.15) is 0 Å². The standard InChI is InChI=1S/C16H30N2S/c1-4-6-11-18(15(3)5-2)12-10-17-9-7-16-8-13-19-14-16/h8,13-15,17H,4-7,9-12H2,1-3H3. The van der Waals surface area contributed by atoms with Gasteiger partial charge in [0.2, 0.25) is 0 Å². The highest BCUT2D eigenvalue weighted by Crippen LogP contribution is 2.06. The summed E-state index contributed by atoms with van der Waals surface area (Å²) < 4.78 is 0. The summed E-state index contributed by atoms with van der Waals surface area (Å²) in [5, 5.41) is 7.97. The Labute approximate surface area is 123 Å². The molecule has 0 fully saturated rings. The van der Waals surface area contributed by atoms with Crippen LogP contribution in [0.15, 0.2) is 16.8 Å². The molecule has 0 bridgehead atoms. The van der Waals surface area contributed by atoms with Crippen molar-refractivity contribution in [2.24, 2.45) is 0 Å². The van der Waals surface area contributed by atoms with Crippen molar-refractivity contribution in [1.29, 1.82) is 0 Å². The molecule has 1 rings (SSSR count). The Balaban J connectivity index is 2.12. The molecule has 0 saturated carbocycles. The number of unbranched alkanes of at least 4 members (excludes halogenated alkanes) is 1. The Kier molecular flexibility index (Phi) is 9.14. The van der Waals surface area contributed by atoms with Crippen molar-refractivity contribution < 1.29 is 0 Å². The number of hydrogen-bond acceptors (Lipinski definition) is 3. The molecule has 19 heavy (non-hydrogen) atoms. The first-order valence-electron chi connectivity index (χ1n) is 7.73. The predicted octanol–water partition coefficient (Wildman–Crippen LogP) is 3.78. The largest absolute Gasteiger partial charge is 0.315 e. The van der Waals surface area contributed by atoms with Crippen molar-refractivity contribution in [1.82, 2.24) is 10.2 Å². The Bertz CT molecular complexity index is 298. The maximum absolute atomic E-state index is 3.57. The molecule has 1 N–H and O–H groups in total. The third kappa shape index (κ3) is 7.09. The van der Waals surface area contributed by atoms with Gasteiger partial charge in [0.05, 0.1) is 0 Å². The van der Waals surface area contributed by atoms with Gasteiger partial charge in [-0.1, -0.05) is 20.3 Å². The van der Waals surface area contributed by atoms with Crippen molar-refractivity contribution in [3.63, 3.8) is 0 Å². The molecule has 1 unspecified atom stereocenters. The molecule has 0 aliphatic rings. The molecule has 0 aromatic carbocycles. The first-order chi connectivity index (χ1) is 9.27.